The van der Waals surface area contributed by atoms with Crippen molar-refractivity contribution in [3.63, 3.8) is 0 Å². The molecule has 4 nitrogen and oxygen atoms in total. The molecular weight excluding hydrogens is 336 g/mol. The van der Waals surface area contributed by atoms with Crippen molar-refractivity contribution in [2.45, 2.75) is 17.6 Å². The molecule has 0 aliphatic heterocycles. The number of aryl methyl sites for hydroxylation is 1. The van der Waals surface area contributed by atoms with Crippen molar-refractivity contribution in [1.29, 1.82) is 0 Å². The maximum absolute atomic E-state index is 11.7. The Morgan fingerprint density at radius 2 is 2.19 bits per heavy atom. The van der Waals surface area contributed by atoms with Crippen molar-refractivity contribution in [3.05, 3.63) is 15.4 Å². The van der Waals surface area contributed by atoms with Crippen LogP contribution in [-0.4, -0.2) is 21.5 Å². The van der Waals surface area contributed by atoms with Crippen LogP contribution in [0.3, 0.4) is 0 Å². The highest BCUT2D eigenvalue weighted by Crippen LogP contribution is 2.30. The monoisotopic (exact) mass is 348 g/mol. The minimum Gasteiger partial charge on any atom is -0.330 e. The Hall–Kier alpha value is 0.340. The second-order valence-corrected chi connectivity index (χ2v) is 7.43. The Labute approximate surface area is 114 Å². The van der Waals surface area contributed by atoms with Crippen molar-refractivity contribution in [1.82, 2.24) is 4.72 Å². The van der Waals surface area contributed by atoms with Gasteiger partial charge < -0.3 is 5.73 Å². The highest BCUT2D eigenvalue weighted by atomic mass is 79.9. The molecule has 1 heterocycles. The molecule has 0 spiro atoms. The van der Waals surface area contributed by atoms with Crippen LogP contribution in [0.5, 0.6) is 0 Å². The molecule has 94 valence electrons. The van der Waals surface area contributed by atoms with Crippen LogP contribution in [-0.2, 0) is 10.0 Å². The maximum atomic E-state index is 11.7. The molecule has 0 radical (unpaired) electrons. The second-order valence-electron chi connectivity index (χ2n) is 3.06. The fourth-order valence-corrected chi connectivity index (χ4v) is 4.29. The van der Waals surface area contributed by atoms with Crippen LogP contribution in [0.1, 0.15) is 12.0 Å². The van der Waals surface area contributed by atoms with Gasteiger partial charge in [-0.15, -0.1) is 23.7 Å². The smallest absolute Gasteiger partial charge is 0.250 e. The summed E-state index contributed by atoms with van der Waals surface area (Å²) in [5.74, 6) is 0. The number of rotatable bonds is 5. The van der Waals surface area contributed by atoms with Crippen LogP contribution in [0.4, 0.5) is 0 Å². The Morgan fingerprint density at radius 1 is 1.56 bits per heavy atom. The van der Waals surface area contributed by atoms with E-state index in [0.29, 0.717) is 23.7 Å². The molecule has 0 aliphatic carbocycles. The molecule has 0 bridgehead atoms. The van der Waals surface area contributed by atoms with E-state index in [1.165, 1.54) is 11.3 Å². The van der Waals surface area contributed by atoms with E-state index in [9.17, 15) is 8.42 Å². The van der Waals surface area contributed by atoms with Crippen molar-refractivity contribution in [2.24, 2.45) is 5.73 Å². The van der Waals surface area contributed by atoms with Gasteiger partial charge in [0.05, 0.1) is 3.79 Å². The van der Waals surface area contributed by atoms with Crippen molar-refractivity contribution in [3.8, 4) is 0 Å². The lowest BCUT2D eigenvalue weighted by Crippen LogP contribution is -2.25. The summed E-state index contributed by atoms with van der Waals surface area (Å²) in [6, 6.07) is 1.65. The minimum absolute atomic E-state index is 0. The lowest BCUT2D eigenvalue weighted by molar-refractivity contribution is 0.581. The molecule has 3 N–H and O–H groups in total. The lowest BCUT2D eigenvalue weighted by atomic mass is 10.4. The lowest BCUT2D eigenvalue weighted by Gasteiger charge is -2.02. The first-order valence-electron chi connectivity index (χ1n) is 4.43. The zero-order valence-corrected chi connectivity index (χ0v) is 12.7. The van der Waals surface area contributed by atoms with Gasteiger partial charge in [-0.3, -0.25) is 0 Å². The SMILES string of the molecule is Cc1cc(S(=O)(=O)NCCCN)sc1Br.Cl. The molecule has 0 atom stereocenters. The molecule has 1 rings (SSSR count). The summed E-state index contributed by atoms with van der Waals surface area (Å²) < 4.78 is 27.1. The summed E-state index contributed by atoms with van der Waals surface area (Å²) in [7, 11) is -3.35. The van der Waals surface area contributed by atoms with E-state index >= 15 is 0 Å². The van der Waals surface area contributed by atoms with Crippen LogP contribution in [0.15, 0.2) is 14.1 Å². The molecule has 0 saturated heterocycles. The third-order valence-corrected chi connectivity index (χ3v) is 5.84. The fourth-order valence-electron chi connectivity index (χ4n) is 0.944. The molecular formula is C8H14BrClN2O2S2. The summed E-state index contributed by atoms with van der Waals surface area (Å²) in [4.78, 5) is 0. The third kappa shape index (κ3) is 4.31. The van der Waals surface area contributed by atoms with Crippen LogP contribution in [0.2, 0.25) is 0 Å². The van der Waals surface area contributed by atoms with E-state index in [2.05, 4.69) is 20.7 Å². The average Bonchev–Trinajstić information content (AvgIpc) is 2.48. The van der Waals surface area contributed by atoms with E-state index in [0.717, 1.165) is 9.35 Å². The van der Waals surface area contributed by atoms with E-state index in [1.54, 1.807) is 6.07 Å². The van der Waals surface area contributed by atoms with E-state index < -0.39 is 10.0 Å². The van der Waals surface area contributed by atoms with Crippen molar-refractivity contribution < 1.29 is 8.42 Å². The second kappa shape index (κ2) is 6.93. The Balaban J connectivity index is 0.00000225. The van der Waals surface area contributed by atoms with Gasteiger partial charge in [-0.25, -0.2) is 13.1 Å². The number of sulfonamides is 1. The summed E-state index contributed by atoms with van der Waals surface area (Å²) in [6.45, 7) is 2.72. The van der Waals surface area contributed by atoms with Gasteiger partial charge in [0.2, 0.25) is 10.0 Å². The zero-order chi connectivity index (χ0) is 11.5. The largest absolute Gasteiger partial charge is 0.330 e. The predicted molar refractivity (Wildman–Crippen MR) is 72.9 cm³/mol. The molecule has 0 aromatic carbocycles. The average molecular weight is 350 g/mol. The number of halogens is 2. The van der Waals surface area contributed by atoms with Gasteiger partial charge in [0.25, 0.3) is 0 Å². The van der Waals surface area contributed by atoms with Gasteiger partial charge in [0, 0.05) is 6.54 Å². The van der Waals surface area contributed by atoms with Crippen molar-refractivity contribution in [2.75, 3.05) is 13.1 Å². The minimum atomic E-state index is -3.35. The van der Waals surface area contributed by atoms with Gasteiger partial charge >= 0.3 is 0 Å². The molecule has 0 fully saturated rings. The first kappa shape index (κ1) is 16.3. The third-order valence-electron chi connectivity index (χ3n) is 1.77. The highest BCUT2D eigenvalue weighted by molar-refractivity contribution is 9.11. The van der Waals surface area contributed by atoms with Gasteiger partial charge in [0.15, 0.2) is 0 Å². The topological polar surface area (TPSA) is 72.2 Å². The van der Waals surface area contributed by atoms with Gasteiger partial charge in [-0.05, 0) is 47.4 Å². The van der Waals surface area contributed by atoms with Gasteiger partial charge in [-0.1, -0.05) is 0 Å². The van der Waals surface area contributed by atoms with Crippen molar-refractivity contribution >= 4 is 49.7 Å². The van der Waals surface area contributed by atoms with Gasteiger partial charge in [-0.2, -0.15) is 0 Å². The van der Waals surface area contributed by atoms with Crippen LogP contribution < -0.4 is 10.5 Å². The zero-order valence-electron chi connectivity index (χ0n) is 8.70. The molecule has 0 unspecified atom stereocenters. The number of thiophene rings is 1. The summed E-state index contributed by atoms with van der Waals surface area (Å²) >= 11 is 4.51. The van der Waals surface area contributed by atoms with Crippen LogP contribution in [0.25, 0.3) is 0 Å². The first-order valence-corrected chi connectivity index (χ1v) is 7.52. The van der Waals surface area contributed by atoms with E-state index in [-0.39, 0.29) is 12.4 Å². The van der Waals surface area contributed by atoms with Crippen LogP contribution in [0, 0.1) is 6.92 Å². The number of nitrogens with two attached hydrogens (primary N) is 1. The number of hydrogen-bond donors (Lipinski definition) is 2. The number of nitrogens with one attached hydrogen (secondary N) is 1. The summed E-state index contributed by atoms with van der Waals surface area (Å²) in [5, 5.41) is 0. The number of hydrogen-bond acceptors (Lipinski definition) is 4. The molecule has 8 heteroatoms. The maximum Gasteiger partial charge on any atom is 0.250 e. The highest BCUT2D eigenvalue weighted by Gasteiger charge is 2.17. The first-order chi connectivity index (χ1) is 6.97. The Bertz CT molecular complexity index is 414. The molecule has 0 amide bonds. The van der Waals surface area contributed by atoms with Gasteiger partial charge in [0.1, 0.15) is 4.21 Å². The fraction of sp³-hybridized carbons (Fsp3) is 0.500. The Kier molecular flexibility index (Phi) is 7.07. The van der Waals surface area contributed by atoms with Crippen LogP contribution >= 0.6 is 39.7 Å². The standard InChI is InChI=1S/C8H13BrN2O2S2.ClH/c1-6-5-7(14-8(6)9)15(12,13)11-4-2-3-10;/h5,11H,2-4,10H2,1H3;1H. The predicted octanol–water partition coefficient (Wildman–Crippen LogP) is 1.87. The molecule has 1 aromatic rings. The summed E-state index contributed by atoms with van der Waals surface area (Å²) in [6.07, 6.45) is 0.644. The van der Waals surface area contributed by atoms with E-state index in [4.69, 9.17) is 5.73 Å². The molecule has 1 aromatic heterocycles. The molecule has 0 aliphatic rings. The Morgan fingerprint density at radius 3 is 2.62 bits per heavy atom. The normalized spacial score (nSPS) is 11.2. The quantitative estimate of drug-likeness (QED) is 0.797. The summed E-state index contributed by atoms with van der Waals surface area (Å²) in [5.41, 5.74) is 6.21. The molecule has 0 saturated carbocycles. The van der Waals surface area contributed by atoms with E-state index in [1.807, 2.05) is 6.92 Å². The molecule has 16 heavy (non-hydrogen) atoms.